The molecule has 0 aliphatic rings. The molecule has 0 spiro atoms. The number of carbonyl (C=O) groups is 1. The number of aryl methyl sites for hydroxylation is 1. The molecule has 7 nitrogen and oxygen atoms in total. The van der Waals surface area contributed by atoms with Crippen LogP contribution in [0.1, 0.15) is 29.1 Å². The Balaban J connectivity index is 2.18. The predicted molar refractivity (Wildman–Crippen MR) is 56.8 cm³/mol. The molecule has 0 unspecified atom stereocenters. The zero-order chi connectivity index (χ0) is 11.8. The van der Waals surface area contributed by atoms with Gasteiger partial charge in [-0.05, 0) is 25.3 Å². The zero-order valence-electron chi connectivity index (χ0n) is 9.01. The van der Waals surface area contributed by atoms with Gasteiger partial charge in [-0.1, -0.05) is 10.3 Å². The van der Waals surface area contributed by atoms with Crippen LogP contribution in [0.2, 0.25) is 0 Å². The molecule has 0 aliphatic heterocycles. The van der Waals surface area contributed by atoms with Crippen LogP contribution < -0.4 is 5.32 Å². The van der Waals surface area contributed by atoms with Gasteiger partial charge in [-0.15, -0.1) is 0 Å². The fourth-order valence-electron chi connectivity index (χ4n) is 1.11. The van der Waals surface area contributed by atoms with Crippen LogP contribution >= 0.6 is 0 Å². The largest absolute Gasteiger partial charge is 0.351 e. The average molecular weight is 223 g/mol. The van der Waals surface area contributed by atoms with E-state index in [0.717, 1.165) is 12.8 Å². The maximum Gasteiger partial charge on any atom is 0.289 e. The Morgan fingerprint density at radius 1 is 1.69 bits per heavy atom. The molecule has 16 heavy (non-hydrogen) atoms. The lowest BCUT2D eigenvalue weighted by Crippen LogP contribution is -2.24. The van der Waals surface area contributed by atoms with E-state index in [1.165, 1.54) is 0 Å². The van der Waals surface area contributed by atoms with Crippen LogP contribution in [-0.4, -0.2) is 24.2 Å². The van der Waals surface area contributed by atoms with Crippen molar-refractivity contribution in [3.8, 4) is 0 Å². The zero-order valence-corrected chi connectivity index (χ0v) is 9.01. The molecule has 0 aliphatic carbocycles. The minimum Gasteiger partial charge on any atom is -0.351 e. The molecule has 1 heterocycles. The Hall–Kier alpha value is -2.01. The second kappa shape index (κ2) is 6.47. The number of hydrogen-bond acceptors (Lipinski definition) is 4. The molecule has 0 radical (unpaired) electrons. The first-order valence-electron chi connectivity index (χ1n) is 4.96. The van der Waals surface area contributed by atoms with Crippen LogP contribution in [0.5, 0.6) is 0 Å². The van der Waals surface area contributed by atoms with E-state index in [1.54, 1.807) is 13.0 Å². The standard InChI is InChI=1S/C9H13N5O2/c1-7-6-8(16-13-7)9(15)11-4-2-3-5-12-14-10/h6H,2-5H2,1H3,(H,11,15). The van der Waals surface area contributed by atoms with E-state index < -0.39 is 0 Å². The Kier molecular flexibility index (Phi) is 4.88. The molecule has 0 fully saturated rings. The van der Waals surface area contributed by atoms with Crippen LogP contribution in [0.15, 0.2) is 15.7 Å². The average Bonchev–Trinajstić information content (AvgIpc) is 2.70. The second-order valence-corrected chi connectivity index (χ2v) is 3.25. The SMILES string of the molecule is Cc1cc(C(=O)NCCCCN=[N+]=[N-])on1. The van der Waals surface area contributed by atoms with Crippen molar-refractivity contribution in [1.29, 1.82) is 0 Å². The summed E-state index contributed by atoms with van der Waals surface area (Å²) in [6.07, 6.45) is 1.51. The highest BCUT2D eigenvalue weighted by Crippen LogP contribution is 2.01. The molecule has 1 aromatic heterocycles. The maximum atomic E-state index is 11.4. The Morgan fingerprint density at radius 2 is 2.50 bits per heavy atom. The van der Waals surface area contributed by atoms with E-state index in [2.05, 4.69) is 20.5 Å². The van der Waals surface area contributed by atoms with Crippen LogP contribution in [0.4, 0.5) is 0 Å². The van der Waals surface area contributed by atoms with Gasteiger partial charge < -0.3 is 9.84 Å². The van der Waals surface area contributed by atoms with Crippen molar-refractivity contribution < 1.29 is 9.32 Å². The first-order valence-corrected chi connectivity index (χ1v) is 4.96. The molecule has 0 bridgehead atoms. The predicted octanol–water partition coefficient (Wildman–Crippen LogP) is 1.80. The molecule has 1 N–H and O–H groups in total. The summed E-state index contributed by atoms with van der Waals surface area (Å²) in [5.74, 6) is -0.0584. The third kappa shape index (κ3) is 4.02. The van der Waals surface area contributed by atoms with Gasteiger partial charge in [0.1, 0.15) is 0 Å². The summed E-state index contributed by atoms with van der Waals surface area (Å²) in [5, 5.41) is 9.69. The van der Waals surface area contributed by atoms with Gasteiger partial charge in [0.25, 0.3) is 5.91 Å². The fraction of sp³-hybridized carbons (Fsp3) is 0.556. The number of nitrogens with one attached hydrogen (secondary N) is 1. The van der Waals surface area contributed by atoms with Gasteiger partial charge >= 0.3 is 0 Å². The fourth-order valence-corrected chi connectivity index (χ4v) is 1.11. The number of nitrogens with zero attached hydrogens (tertiary/aromatic N) is 4. The third-order valence-corrected chi connectivity index (χ3v) is 1.89. The number of unbranched alkanes of at least 4 members (excludes halogenated alkanes) is 1. The van der Waals surface area contributed by atoms with Crippen LogP contribution in [-0.2, 0) is 0 Å². The Morgan fingerprint density at radius 3 is 3.12 bits per heavy atom. The van der Waals surface area contributed by atoms with Gasteiger partial charge in [-0.2, -0.15) is 0 Å². The van der Waals surface area contributed by atoms with Gasteiger partial charge in [0.2, 0.25) is 5.76 Å². The van der Waals surface area contributed by atoms with E-state index in [-0.39, 0.29) is 11.7 Å². The molecule has 0 saturated carbocycles. The summed E-state index contributed by atoms with van der Waals surface area (Å²) in [6, 6.07) is 1.58. The van der Waals surface area contributed by atoms with Crippen LogP contribution in [0.3, 0.4) is 0 Å². The number of aromatic nitrogens is 1. The van der Waals surface area contributed by atoms with E-state index >= 15 is 0 Å². The van der Waals surface area contributed by atoms with Gasteiger partial charge in [0.15, 0.2) is 0 Å². The van der Waals surface area contributed by atoms with Crippen molar-refractivity contribution in [2.75, 3.05) is 13.1 Å². The molecule has 0 aromatic carbocycles. The number of azide groups is 1. The van der Waals surface area contributed by atoms with Gasteiger partial charge in [-0.3, -0.25) is 4.79 Å². The monoisotopic (exact) mass is 223 g/mol. The van der Waals surface area contributed by atoms with E-state index in [0.29, 0.717) is 18.8 Å². The van der Waals surface area contributed by atoms with Gasteiger partial charge in [0.05, 0.1) is 5.69 Å². The van der Waals surface area contributed by atoms with Crippen molar-refractivity contribution in [2.45, 2.75) is 19.8 Å². The molecule has 7 heteroatoms. The smallest absolute Gasteiger partial charge is 0.289 e. The molecule has 1 amide bonds. The van der Waals surface area contributed by atoms with E-state index in [1.807, 2.05) is 0 Å². The normalized spacial score (nSPS) is 9.56. The van der Waals surface area contributed by atoms with Crippen molar-refractivity contribution >= 4 is 5.91 Å². The van der Waals surface area contributed by atoms with E-state index in [4.69, 9.17) is 10.1 Å². The molecular formula is C9H13N5O2. The minimum atomic E-state index is -0.274. The summed E-state index contributed by atoms with van der Waals surface area (Å²) < 4.78 is 4.79. The van der Waals surface area contributed by atoms with Gasteiger partial charge in [0, 0.05) is 24.1 Å². The number of carbonyl (C=O) groups excluding carboxylic acids is 1. The minimum absolute atomic E-state index is 0.215. The molecule has 0 saturated heterocycles. The van der Waals surface area contributed by atoms with Crippen LogP contribution in [0, 0.1) is 6.92 Å². The van der Waals surface area contributed by atoms with Crippen LogP contribution in [0.25, 0.3) is 10.4 Å². The summed E-state index contributed by atoms with van der Waals surface area (Å²) in [6.45, 7) is 2.73. The van der Waals surface area contributed by atoms with Crippen molar-refractivity contribution in [3.05, 3.63) is 28.0 Å². The lowest BCUT2D eigenvalue weighted by Gasteiger charge is -2.00. The summed E-state index contributed by atoms with van der Waals surface area (Å²) in [4.78, 5) is 14.1. The molecular weight excluding hydrogens is 210 g/mol. The molecule has 0 atom stereocenters. The lowest BCUT2D eigenvalue weighted by molar-refractivity contribution is 0.0916. The summed E-state index contributed by atoms with van der Waals surface area (Å²) >= 11 is 0. The number of rotatable bonds is 6. The topological polar surface area (TPSA) is 104 Å². The van der Waals surface area contributed by atoms with E-state index in [9.17, 15) is 4.79 Å². The van der Waals surface area contributed by atoms with Gasteiger partial charge in [-0.25, -0.2) is 0 Å². The maximum absolute atomic E-state index is 11.4. The highest BCUT2D eigenvalue weighted by Gasteiger charge is 2.09. The first-order chi connectivity index (χ1) is 7.74. The van der Waals surface area contributed by atoms with Crippen molar-refractivity contribution in [2.24, 2.45) is 5.11 Å². The Labute approximate surface area is 92.4 Å². The number of hydrogen-bond donors (Lipinski definition) is 1. The molecule has 1 rings (SSSR count). The highest BCUT2D eigenvalue weighted by molar-refractivity contribution is 5.91. The third-order valence-electron chi connectivity index (χ3n) is 1.89. The van der Waals surface area contributed by atoms with Crippen molar-refractivity contribution in [3.63, 3.8) is 0 Å². The van der Waals surface area contributed by atoms with Crippen molar-refractivity contribution in [1.82, 2.24) is 10.5 Å². The quantitative estimate of drug-likeness (QED) is 0.344. The highest BCUT2D eigenvalue weighted by atomic mass is 16.5. The number of amides is 1. The molecule has 86 valence electrons. The Bertz CT molecular complexity index is 394. The summed E-state index contributed by atoms with van der Waals surface area (Å²) in [7, 11) is 0. The first kappa shape index (κ1) is 12.1. The lowest BCUT2D eigenvalue weighted by atomic mass is 10.3. The summed E-state index contributed by atoms with van der Waals surface area (Å²) in [5.41, 5.74) is 8.71. The second-order valence-electron chi connectivity index (χ2n) is 3.25. The molecule has 1 aromatic rings.